The van der Waals surface area contributed by atoms with Crippen LogP contribution in [0.4, 0.5) is 0 Å². The molecule has 0 saturated heterocycles. The zero-order chi connectivity index (χ0) is 32.8. The smallest absolute Gasteiger partial charge is 0.326 e. The molecule has 1 saturated carbocycles. The van der Waals surface area contributed by atoms with Crippen molar-refractivity contribution < 1.29 is 27.9 Å². The molecule has 2 aromatic heterocycles. The quantitative estimate of drug-likeness (QED) is 0.131. The van der Waals surface area contributed by atoms with Crippen LogP contribution in [0.25, 0.3) is 21.8 Å². The second-order valence-electron chi connectivity index (χ2n) is 13.0. The summed E-state index contributed by atoms with van der Waals surface area (Å²) in [4.78, 5) is 46.5. The summed E-state index contributed by atoms with van der Waals surface area (Å²) in [5, 5.41) is 16.9. The number of amides is 2. The summed E-state index contributed by atoms with van der Waals surface area (Å²) in [7, 11) is -3.53. The predicted octanol–water partition coefficient (Wildman–Crippen LogP) is 4.90. The van der Waals surface area contributed by atoms with E-state index in [4.69, 9.17) is 0 Å². The number of hydrogen-bond acceptors (Lipinski definition) is 5. The van der Waals surface area contributed by atoms with E-state index >= 15 is 0 Å². The van der Waals surface area contributed by atoms with Gasteiger partial charge in [0.25, 0.3) is 0 Å². The number of aromatic nitrogens is 2. The molecule has 4 aromatic rings. The Hall–Kier alpha value is -4.12. The van der Waals surface area contributed by atoms with Crippen molar-refractivity contribution in [3.05, 3.63) is 72.1 Å². The first-order valence-corrected chi connectivity index (χ1v) is 17.9. The molecule has 0 radical (unpaired) electrons. The highest BCUT2D eigenvalue weighted by Gasteiger charge is 2.35. The first kappa shape index (κ1) is 33.2. The average molecular weight is 649 g/mol. The van der Waals surface area contributed by atoms with E-state index in [1.165, 1.54) is 0 Å². The highest BCUT2D eigenvalue weighted by molar-refractivity contribution is 7.92. The topological polar surface area (TPSA) is 161 Å². The number of carbonyl (C=O) groups is 3. The Morgan fingerprint density at radius 2 is 1.33 bits per heavy atom. The van der Waals surface area contributed by atoms with Crippen molar-refractivity contribution in [2.75, 3.05) is 5.75 Å². The van der Waals surface area contributed by atoms with Crippen LogP contribution < -0.4 is 10.6 Å². The van der Waals surface area contributed by atoms with Crippen LogP contribution in [-0.2, 0) is 37.1 Å². The fraction of sp³-hybridized carbons (Fsp3) is 0.457. The Bertz CT molecular complexity index is 1790. The van der Waals surface area contributed by atoms with E-state index < -0.39 is 50.9 Å². The Kier molecular flexibility index (Phi) is 10.5. The van der Waals surface area contributed by atoms with Crippen molar-refractivity contribution in [1.29, 1.82) is 0 Å². The Morgan fingerprint density at radius 1 is 0.804 bits per heavy atom. The summed E-state index contributed by atoms with van der Waals surface area (Å²) in [6, 6.07) is 12.7. The maximum absolute atomic E-state index is 13.9. The molecule has 2 amide bonds. The lowest BCUT2D eigenvalue weighted by Gasteiger charge is -2.27. The number of sulfone groups is 1. The minimum absolute atomic E-state index is 0.0362. The van der Waals surface area contributed by atoms with E-state index in [-0.39, 0.29) is 24.5 Å². The molecule has 0 aliphatic heterocycles. The molecule has 1 aliphatic carbocycles. The maximum Gasteiger partial charge on any atom is 0.326 e. The molecule has 3 unspecified atom stereocenters. The maximum atomic E-state index is 13.9. The summed E-state index contributed by atoms with van der Waals surface area (Å²) in [5.74, 6) is -3.44. The molecule has 5 rings (SSSR count). The van der Waals surface area contributed by atoms with E-state index in [0.29, 0.717) is 19.3 Å². The number of carboxylic acid groups (broad SMARTS) is 1. The lowest BCUT2D eigenvalue weighted by molar-refractivity contribution is -0.142. The minimum Gasteiger partial charge on any atom is -0.480 e. The number of nitrogens with one attached hydrogen (secondary N) is 4. The van der Waals surface area contributed by atoms with Gasteiger partial charge in [-0.3, -0.25) is 9.59 Å². The molecule has 0 bridgehead atoms. The van der Waals surface area contributed by atoms with Gasteiger partial charge in [0.15, 0.2) is 9.84 Å². The first-order chi connectivity index (χ1) is 22.0. The normalized spacial score (nSPS) is 16.3. The molecule has 0 spiro atoms. The summed E-state index contributed by atoms with van der Waals surface area (Å²) in [5.41, 5.74) is 3.24. The van der Waals surface area contributed by atoms with Gasteiger partial charge in [0, 0.05) is 47.0 Å². The first-order valence-electron chi connectivity index (χ1n) is 16.2. The summed E-state index contributed by atoms with van der Waals surface area (Å²) in [6.07, 6.45) is 7.94. The number of aliphatic carboxylic acids is 1. The third-order valence-electron chi connectivity index (χ3n) is 9.07. The van der Waals surface area contributed by atoms with E-state index in [2.05, 4.69) is 20.6 Å². The molecule has 10 nitrogen and oxygen atoms in total. The summed E-state index contributed by atoms with van der Waals surface area (Å²) in [6.45, 7) is 3.87. The van der Waals surface area contributed by atoms with Crippen LogP contribution in [0.3, 0.4) is 0 Å². The van der Waals surface area contributed by atoms with Crippen molar-refractivity contribution >= 4 is 49.4 Å². The number of rotatable bonds is 14. The van der Waals surface area contributed by atoms with Gasteiger partial charge in [-0.25, -0.2) is 13.2 Å². The van der Waals surface area contributed by atoms with Gasteiger partial charge in [0.2, 0.25) is 11.8 Å². The van der Waals surface area contributed by atoms with Gasteiger partial charge in [-0.1, -0.05) is 69.5 Å². The van der Waals surface area contributed by atoms with E-state index in [9.17, 15) is 27.9 Å². The van der Waals surface area contributed by atoms with Gasteiger partial charge >= 0.3 is 5.97 Å². The monoisotopic (exact) mass is 648 g/mol. The lowest BCUT2D eigenvalue weighted by Crippen LogP contribution is -2.54. The van der Waals surface area contributed by atoms with Crippen LogP contribution in [0.1, 0.15) is 63.5 Å². The van der Waals surface area contributed by atoms with Crippen LogP contribution in [0.2, 0.25) is 0 Å². The van der Waals surface area contributed by atoms with E-state index in [1.54, 1.807) is 12.4 Å². The van der Waals surface area contributed by atoms with Crippen molar-refractivity contribution in [3.8, 4) is 0 Å². The highest BCUT2D eigenvalue weighted by Crippen LogP contribution is 2.27. The number of carbonyl (C=O) groups excluding carboxylic acids is 2. The second-order valence-corrected chi connectivity index (χ2v) is 15.3. The van der Waals surface area contributed by atoms with Crippen LogP contribution in [0, 0.1) is 11.8 Å². The highest BCUT2D eigenvalue weighted by atomic mass is 32.2. The number of aromatic amines is 2. The number of benzene rings is 2. The van der Waals surface area contributed by atoms with Crippen molar-refractivity contribution in [2.24, 2.45) is 11.8 Å². The van der Waals surface area contributed by atoms with E-state index in [1.807, 2.05) is 62.4 Å². The molecule has 3 atom stereocenters. The number of fused-ring (bicyclic) bond motifs is 2. The largest absolute Gasteiger partial charge is 0.480 e. The number of carboxylic acids is 1. The van der Waals surface area contributed by atoms with Crippen LogP contribution in [-0.4, -0.2) is 64.4 Å². The zero-order valence-electron chi connectivity index (χ0n) is 26.4. The minimum atomic E-state index is -3.53. The molecular weight excluding hydrogens is 604 g/mol. The summed E-state index contributed by atoms with van der Waals surface area (Å²) >= 11 is 0. The molecule has 1 aliphatic rings. The lowest BCUT2D eigenvalue weighted by atomic mass is 9.96. The van der Waals surface area contributed by atoms with Crippen LogP contribution in [0.15, 0.2) is 60.9 Å². The Balaban J connectivity index is 1.39. The molecule has 1 fully saturated rings. The third-order valence-corrected chi connectivity index (χ3v) is 11.4. The second kappa shape index (κ2) is 14.5. The van der Waals surface area contributed by atoms with Gasteiger partial charge in [0.1, 0.15) is 12.1 Å². The van der Waals surface area contributed by atoms with E-state index in [0.717, 1.165) is 52.2 Å². The average Bonchev–Trinajstić information content (AvgIpc) is 3.64. The number of hydrogen-bond donors (Lipinski definition) is 5. The predicted molar refractivity (Wildman–Crippen MR) is 179 cm³/mol. The molecule has 246 valence electrons. The number of H-pyrrole nitrogens is 2. The fourth-order valence-corrected chi connectivity index (χ4v) is 8.84. The molecule has 2 heterocycles. The van der Waals surface area contributed by atoms with Gasteiger partial charge < -0.3 is 25.7 Å². The molecule has 46 heavy (non-hydrogen) atoms. The van der Waals surface area contributed by atoms with Gasteiger partial charge in [-0.05, 0) is 48.4 Å². The molecule has 2 aromatic carbocycles. The third kappa shape index (κ3) is 7.99. The Morgan fingerprint density at radius 3 is 1.87 bits per heavy atom. The van der Waals surface area contributed by atoms with Gasteiger partial charge in [-0.15, -0.1) is 0 Å². The molecule has 11 heteroatoms. The fourth-order valence-electron chi connectivity index (χ4n) is 6.67. The van der Waals surface area contributed by atoms with Crippen molar-refractivity contribution in [2.45, 2.75) is 82.5 Å². The molecular formula is C35H44N4O6S. The standard InChI is InChI=1S/C35H44N4O6S/c1-22(2)16-25(21-46(44,45)26-10-4-3-5-11-26)33(40)38-31(17-23-19-36-29-14-8-6-12-27(23)29)34(41)39-32(35(42)43)18-24-20-37-30-15-9-7-13-28(24)30/h6-9,12-15,19-20,22,25-26,31-32,36-37H,3-5,10-11,16-18,21H2,1-2H3,(H,38,40)(H,39,41)(H,42,43). The van der Waals surface area contributed by atoms with Gasteiger partial charge in [0.05, 0.1) is 16.9 Å². The summed E-state index contributed by atoms with van der Waals surface area (Å²) < 4.78 is 26.9. The van der Waals surface area contributed by atoms with Crippen LogP contribution in [0.5, 0.6) is 0 Å². The van der Waals surface area contributed by atoms with Crippen LogP contribution >= 0.6 is 0 Å². The zero-order valence-corrected chi connectivity index (χ0v) is 27.2. The molecule has 5 N–H and O–H groups in total. The van der Waals surface area contributed by atoms with Gasteiger partial charge in [-0.2, -0.15) is 0 Å². The SMILES string of the molecule is CC(C)CC(CS(=O)(=O)C1CCCCC1)C(=O)NC(Cc1c[nH]c2ccccc12)C(=O)NC(Cc1c[nH]c2ccccc12)C(=O)O. The van der Waals surface area contributed by atoms with Crippen molar-refractivity contribution in [3.63, 3.8) is 0 Å². The number of para-hydroxylation sites is 2. The Labute approximate surface area is 269 Å². The van der Waals surface area contributed by atoms with Crippen molar-refractivity contribution in [1.82, 2.24) is 20.6 Å².